The van der Waals surface area contributed by atoms with E-state index in [2.05, 4.69) is 29.5 Å². The van der Waals surface area contributed by atoms with Crippen LogP contribution in [-0.2, 0) is 4.79 Å². The van der Waals surface area contributed by atoms with Gasteiger partial charge in [-0.15, -0.1) is 0 Å². The Morgan fingerprint density at radius 3 is 2.88 bits per heavy atom. The normalized spacial score (nSPS) is 23.5. The number of carbonyl (C=O) groups is 1. The van der Waals surface area contributed by atoms with Crippen LogP contribution < -0.4 is 10.6 Å². The molecule has 0 spiro atoms. The van der Waals surface area contributed by atoms with Crippen molar-refractivity contribution < 1.29 is 4.79 Å². The number of amides is 1. The smallest absolute Gasteiger partial charge is 0.239 e. The van der Waals surface area contributed by atoms with Gasteiger partial charge in [-0.3, -0.25) is 9.79 Å². The number of nitrogens with one attached hydrogen (secondary N) is 2. The van der Waals surface area contributed by atoms with Gasteiger partial charge in [-0.2, -0.15) is 0 Å². The highest BCUT2D eigenvalue weighted by molar-refractivity contribution is 8.13. The van der Waals surface area contributed by atoms with Gasteiger partial charge in [-0.25, -0.2) is 0 Å². The van der Waals surface area contributed by atoms with Crippen molar-refractivity contribution in [2.45, 2.75) is 32.7 Å². The van der Waals surface area contributed by atoms with Crippen LogP contribution in [-0.4, -0.2) is 36.0 Å². The summed E-state index contributed by atoms with van der Waals surface area (Å²) >= 11 is 1.71. The fourth-order valence-electron chi connectivity index (χ4n) is 1.41. The minimum absolute atomic E-state index is 0.0793. The predicted molar refractivity (Wildman–Crippen MR) is 67.7 cm³/mol. The van der Waals surface area contributed by atoms with E-state index in [1.54, 1.807) is 11.8 Å². The zero-order valence-electron chi connectivity index (χ0n) is 9.88. The molecular weight excluding hydrogens is 222 g/mol. The highest BCUT2D eigenvalue weighted by Crippen LogP contribution is 2.26. The molecule has 0 radical (unpaired) electrons. The van der Waals surface area contributed by atoms with Crippen LogP contribution in [0.4, 0.5) is 0 Å². The van der Waals surface area contributed by atoms with Gasteiger partial charge in [0.15, 0.2) is 5.17 Å². The second kappa shape index (κ2) is 4.65. The second-order valence-electron chi connectivity index (χ2n) is 5.27. The Balaban J connectivity index is 1.69. The Kier molecular flexibility index (Phi) is 3.42. The molecule has 0 unspecified atom stereocenters. The summed E-state index contributed by atoms with van der Waals surface area (Å²) in [5, 5.41) is 6.94. The van der Waals surface area contributed by atoms with E-state index in [1.165, 1.54) is 0 Å². The molecule has 1 heterocycles. The summed E-state index contributed by atoms with van der Waals surface area (Å²) in [5.74, 6) is 1.14. The maximum atomic E-state index is 11.4. The van der Waals surface area contributed by atoms with Gasteiger partial charge in [0.2, 0.25) is 5.91 Å². The average Bonchev–Trinajstić information content (AvgIpc) is 3.00. The van der Waals surface area contributed by atoms with Gasteiger partial charge in [-0.05, 0) is 18.3 Å². The SMILES string of the molecule is CC1(C)CN=C(NCC(=O)NC2CC2)SC1. The van der Waals surface area contributed by atoms with Gasteiger partial charge >= 0.3 is 0 Å². The highest BCUT2D eigenvalue weighted by atomic mass is 32.2. The molecule has 1 saturated carbocycles. The molecule has 0 aromatic rings. The van der Waals surface area contributed by atoms with Crippen LogP contribution in [0.2, 0.25) is 0 Å². The van der Waals surface area contributed by atoms with Crippen molar-refractivity contribution in [1.82, 2.24) is 10.6 Å². The van der Waals surface area contributed by atoms with Gasteiger partial charge < -0.3 is 10.6 Å². The lowest BCUT2D eigenvalue weighted by Gasteiger charge is -2.27. The van der Waals surface area contributed by atoms with Crippen molar-refractivity contribution in [2.24, 2.45) is 10.4 Å². The standard InChI is InChI=1S/C11H19N3OS/c1-11(2)6-13-10(16-7-11)12-5-9(15)14-8-3-4-8/h8H,3-7H2,1-2H3,(H,12,13)(H,14,15). The average molecular weight is 241 g/mol. The van der Waals surface area contributed by atoms with Gasteiger partial charge in [0, 0.05) is 18.3 Å². The Morgan fingerprint density at radius 2 is 2.31 bits per heavy atom. The first-order valence-corrected chi connectivity index (χ1v) is 6.74. The van der Waals surface area contributed by atoms with Crippen molar-refractivity contribution >= 4 is 22.8 Å². The van der Waals surface area contributed by atoms with Crippen LogP contribution in [0.15, 0.2) is 4.99 Å². The van der Waals surface area contributed by atoms with Gasteiger partial charge in [0.1, 0.15) is 0 Å². The fourth-order valence-corrected chi connectivity index (χ4v) is 2.36. The monoisotopic (exact) mass is 241 g/mol. The molecule has 2 N–H and O–H groups in total. The molecule has 1 amide bonds. The molecule has 0 aromatic heterocycles. The Morgan fingerprint density at radius 1 is 1.56 bits per heavy atom. The number of hydrogen-bond donors (Lipinski definition) is 2. The third-order valence-electron chi connectivity index (χ3n) is 2.59. The summed E-state index contributed by atoms with van der Waals surface area (Å²) in [5.41, 5.74) is 0.284. The molecular formula is C11H19N3OS. The number of amidine groups is 1. The quantitative estimate of drug-likeness (QED) is 0.774. The Bertz CT molecular complexity index is 310. The van der Waals surface area contributed by atoms with Crippen LogP contribution in [0.25, 0.3) is 0 Å². The Labute approximate surface area is 101 Å². The molecule has 1 fully saturated rings. The van der Waals surface area contributed by atoms with Gasteiger partial charge in [0.05, 0.1) is 6.54 Å². The minimum Gasteiger partial charge on any atom is -0.356 e. The maximum absolute atomic E-state index is 11.4. The zero-order valence-corrected chi connectivity index (χ0v) is 10.7. The molecule has 0 bridgehead atoms. The number of thioether (sulfide) groups is 1. The number of nitrogens with zero attached hydrogens (tertiary/aromatic N) is 1. The van der Waals surface area contributed by atoms with Gasteiger partial charge in [0.25, 0.3) is 0 Å². The summed E-state index contributed by atoms with van der Waals surface area (Å²) in [6, 6.07) is 0.439. The minimum atomic E-state index is 0.0793. The lowest BCUT2D eigenvalue weighted by atomic mass is 9.97. The van der Waals surface area contributed by atoms with E-state index in [0.29, 0.717) is 12.6 Å². The van der Waals surface area contributed by atoms with Crippen LogP contribution in [0.5, 0.6) is 0 Å². The van der Waals surface area contributed by atoms with Crippen LogP contribution in [0.3, 0.4) is 0 Å². The van der Waals surface area contributed by atoms with Crippen molar-refractivity contribution in [3.8, 4) is 0 Å². The Hall–Kier alpha value is -0.710. The number of rotatable bonds is 3. The van der Waals surface area contributed by atoms with Crippen LogP contribution in [0.1, 0.15) is 26.7 Å². The molecule has 5 heteroatoms. The number of hydrogen-bond acceptors (Lipinski definition) is 4. The molecule has 0 aromatic carbocycles. The van der Waals surface area contributed by atoms with E-state index < -0.39 is 0 Å². The first kappa shape index (κ1) is 11.8. The topological polar surface area (TPSA) is 53.5 Å². The molecule has 1 aliphatic heterocycles. The second-order valence-corrected chi connectivity index (χ2v) is 6.23. The molecule has 2 rings (SSSR count). The maximum Gasteiger partial charge on any atom is 0.239 e. The van der Waals surface area contributed by atoms with E-state index in [0.717, 1.165) is 30.3 Å². The molecule has 0 atom stereocenters. The predicted octanol–water partition coefficient (Wildman–Crippen LogP) is 0.984. The number of aliphatic imine (C=N–C) groups is 1. The van der Waals surface area contributed by atoms with E-state index in [4.69, 9.17) is 0 Å². The molecule has 90 valence electrons. The van der Waals surface area contributed by atoms with E-state index >= 15 is 0 Å². The molecule has 16 heavy (non-hydrogen) atoms. The van der Waals surface area contributed by atoms with E-state index in [1.807, 2.05) is 0 Å². The summed E-state index contributed by atoms with van der Waals surface area (Å²) in [6.45, 7) is 5.61. The summed E-state index contributed by atoms with van der Waals surface area (Å²) in [6.07, 6.45) is 2.27. The third-order valence-corrected chi connectivity index (χ3v) is 4.07. The largest absolute Gasteiger partial charge is 0.356 e. The van der Waals surface area contributed by atoms with Gasteiger partial charge in [-0.1, -0.05) is 25.6 Å². The lowest BCUT2D eigenvalue weighted by Crippen LogP contribution is -2.39. The van der Waals surface area contributed by atoms with Crippen LogP contribution >= 0.6 is 11.8 Å². The lowest BCUT2D eigenvalue weighted by molar-refractivity contribution is -0.120. The highest BCUT2D eigenvalue weighted by Gasteiger charge is 2.25. The summed E-state index contributed by atoms with van der Waals surface area (Å²) in [7, 11) is 0. The third kappa shape index (κ3) is 3.70. The fraction of sp³-hybridized carbons (Fsp3) is 0.818. The van der Waals surface area contributed by atoms with Crippen LogP contribution in [0, 0.1) is 5.41 Å². The van der Waals surface area contributed by atoms with E-state index in [-0.39, 0.29) is 11.3 Å². The summed E-state index contributed by atoms with van der Waals surface area (Å²) < 4.78 is 0. The molecule has 4 nitrogen and oxygen atoms in total. The molecule has 0 saturated heterocycles. The molecule has 1 aliphatic carbocycles. The van der Waals surface area contributed by atoms with Crippen molar-refractivity contribution in [3.05, 3.63) is 0 Å². The molecule has 2 aliphatic rings. The van der Waals surface area contributed by atoms with Crippen molar-refractivity contribution in [3.63, 3.8) is 0 Å². The first-order valence-electron chi connectivity index (χ1n) is 5.76. The summed E-state index contributed by atoms with van der Waals surface area (Å²) in [4.78, 5) is 15.9. The zero-order chi connectivity index (χ0) is 11.6. The van der Waals surface area contributed by atoms with Crippen molar-refractivity contribution in [1.29, 1.82) is 0 Å². The van der Waals surface area contributed by atoms with E-state index in [9.17, 15) is 4.79 Å². The first-order chi connectivity index (χ1) is 7.55. The van der Waals surface area contributed by atoms with Crippen molar-refractivity contribution in [2.75, 3.05) is 18.8 Å². The number of carbonyl (C=O) groups excluding carboxylic acids is 1.